The monoisotopic (exact) mass is 379 g/mol. The highest BCUT2D eigenvalue weighted by molar-refractivity contribution is 7.13. The Balaban J connectivity index is 1.31. The van der Waals surface area contributed by atoms with E-state index in [0.29, 0.717) is 0 Å². The fourth-order valence-electron chi connectivity index (χ4n) is 4.68. The van der Waals surface area contributed by atoms with E-state index < -0.39 is 0 Å². The zero-order valence-electron chi connectivity index (χ0n) is 15.7. The van der Waals surface area contributed by atoms with Gasteiger partial charge in [-0.3, -0.25) is 9.69 Å². The standard InChI is InChI=1S/C19H29N3O3S/c1-13-17(26-14(2)20-13)18(24)22-7-4-19(5-8-22)9-16(25-12-19)11-21-6-3-15(23)10-21/h15-16,23H,3-12H2,1-2H3/t15-,16+/m1/s1. The number of likely N-dealkylation sites (tertiary alicyclic amines) is 2. The molecule has 6 nitrogen and oxygen atoms in total. The number of carbonyl (C=O) groups is 1. The lowest BCUT2D eigenvalue weighted by atomic mass is 9.76. The van der Waals surface area contributed by atoms with E-state index in [4.69, 9.17) is 4.74 Å². The van der Waals surface area contributed by atoms with Crippen molar-refractivity contribution in [1.82, 2.24) is 14.8 Å². The molecule has 1 amide bonds. The first kappa shape index (κ1) is 18.3. The summed E-state index contributed by atoms with van der Waals surface area (Å²) >= 11 is 1.51. The van der Waals surface area contributed by atoms with Crippen LogP contribution >= 0.6 is 11.3 Å². The summed E-state index contributed by atoms with van der Waals surface area (Å²) in [6, 6.07) is 0. The summed E-state index contributed by atoms with van der Waals surface area (Å²) in [5.41, 5.74) is 1.09. The molecule has 3 fully saturated rings. The van der Waals surface area contributed by atoms with Gasteiger partial charge >= 0.3 is 0 Å². The minimum absolute atomic E-state index is 0.143. The van der Waals surface area contributed by atoms with Crippen molar-refractivity contribution in [1.29, 1.82) is 0 Å². The van der Waals surface area contributed by atoms with Gasteiger partial charge in [0.05, 0.1) is 29.5 Å². The van der Waals surface area contributed by atoms with Gasteiger partial charge < -0.3 is 14.7 Å². The molecule has 4 heterocycles. The van der Waals surface area contributed by atoms with Gasteiger partial charge in [0.15, 0.2) is 0 Å². The maximum atomic E-state index is 12.8. The molecule has 1 N–H and O–H groups in total. The van der Waals surface area contributed by atoms with E-state index in [0.717, 1.165) is 80.6 Å². The van der Waals surface area contributed by atoms with Crippen LogP contribution in [0, 0.1) is 19.3 Å². The summed E-state index contributed by atoms with van der Waals surface area (Å²) < 4.78 is 6.11. The number of aliphatic hydroxyl groups is 1. The molecule has 3 saturated heterocycles. The lowest BCUT2D eigenvalue weighted by Gasteiger charge is -2.38. The average Bonchev–Trinajstić information content (AvgIpc) is 3.28. The molecule has 0 aliphatic carbocycles. The van der Waals surface area contributed by atoms with Crippen LogP contribution in [-0.4, -0.2) is 77.3 Å². The topological polar surface area (TPSA) is 65.9 Å². The quantitative estimate of drug-likeness (QED) is 0.868. The normalized spacial score (nSPS) is 29.0. The zero-order valence-corrected chi connectivity index (χ0v) is 16.6. The van der Waals surface area contributed by atoms with Gasteiger partial charge in [-0.25, -0.2) is 4.98 Å². The Kier molecular flexibility index (Phi) is 5.07. The molecular weight excluding hydrogens is 350 g/mol. The molecule has 2 atom stereocenters. The maximum absolute atomic E-state index is 12.8. The maximum Gasteiger partial charge on any atom is 0.265 e. The molecule has 26 heavy (non-hydrogen) atoms. The predicted molar refractivity (Wildman–Crippen MR) is 101 cm³/mol. The van der Waals surface area contributed by atoms with Gasteiger partial charge in [-0.2, -0.15) is 0 Å². The lowest BCUT2D eigenvalue weighted by molar-refractivity contribution is 0.0453. The van der Waals surface area contributed by atoms with Crippen LogP contribution in [-0.2, 0) is 4.74 Å². The first-order chi connectivity index (χ1) is 12.4. The highest BCUT2D eigenvalue weighted by Gasteiger charge is 2.44. The Morgan fingerprint density at radius 3 is 2.73 bits per heavy atom. The Labute approximate surface area is 159 Å². The molecule has 144 valence electrons. The number of amides is 1. The van der Waals surface area contributed by atoms with Crippen LogP contribution in [0.3, 0.4) is 0 Å². The van der Waals surface area contributed by atoms with E-state index in [2.05, 4.69) is 9.88 Å². The van der Waals surface area contributed by atoms with Crippen LogP contribution in [0.2, 0.25) is 0 Å². The first-order valence-electron chi connectivity index (χ1n) is 9.69. The predicted octanol–water partition coefficient (Wildman–Crippen LogP) is 1.84. The van der Waals surface area contributed by atoms with Crippen LogP contribution in [0.4, 0.5) is 0 Å². The Morgan fingerprint density at radius 1 is 1.35 bits per heavy atom. The smallest absolute Gasteiger partial charge is 0.265 e. The molecule has 3 aliphatic heterocycles. The molecule has 1 spiro atoms. The number of aryl methyl sites for hydroxylation is 2. The van der Waals surface area contributed by atoms with Gasteiger partial charge in [0.25, 0.3) is 5.91 Å². The van der Waals surface area contributed by atoms with Gasteiger partial charge in [0.2, 0.25) is 0 Å². The Hall–Kier alpha value is -1.02. The van der Waals surface area contributed by atoms with Crippen LogP contribution in [0.15, 0.2) is 0 Å². The Morgan fingerprint density at radius 2 is 2.12 bits per heavy atom. The molecule has 7 heteroatoms. The van der Waals surface area contributed by atoms with Crippen molar-refractivity contribution in [2.75, 3.05) is 39.3 Å². The fraction of sp³-hybridized carbons (Fsp3) is 0.789. The third kappa shape index (κ3) is 3.67. The SMILES string of the molecule is Cc1nc(C)c(C(=O)N2CCC3(CC2)CO[C@H](CN2CC[C@@H](O)C2)C3)s1. The van der Waals surface area contributed by atoms with E-state index in [1.54, 1.807) is 0 Å². The van der Waals surface area contributed by atoms with Crippen LogP contribution < -0.4 is 0 Å². The summed E-state index contributed by atoms with van der Waals surface area (Å²) in [4.78, 5) is 22.3. The van der Waals surface area contributed by atoms with Gasteiger partial charge in [0, 0.05) is 32.7 Å². The number of hydrogen-bond acceptors (Lipinski definition) is 6. The number of thiazole rings is 1. The third-order valence-electron chi connectivity index (χ3n) is 6.20. The molecule has 0 aromatic carbocycles. The second kappa shape index (κ2) is 7.19. The molecule has 3 aliphatic rings. The van der Waals surface area contributed by atoms with E-state index in [1.807, 2.05) is 18.7 Å². The Bertz CT molecular complexity index is 669. The fourth-order valence-corrected chi connectivity index (χ4v) is 5.57. The van der Waals surface area contributed by atoms with Crippen LogP contribution in [0.1, 0.15) is 46.1 Å². The molecule has 0 saturated carbocycles. The minimum Gasteiger partial charge on any atom is -0.392 e. The number of aromatic nitrogens is 1. The number of nitrogens with zero attached hydrogens (tertiary/aromatic N) is 3. The average molecular weight is 380 g/mol. The van der Waals surface area contributed by atoms with Gasteiger partial charge in [0.1, 0.15) is 4.88 Å². The highest BCUT2D eigenvalue weighted by atomic mass is 32.1. The van der Waals surface area contributed by atoms with E-state index in [1.165, 1.54) is 11.3 Å². The summed E-state index contributed by atoms with van der Waals surface area (Å²) in [5, 5.41) is 10.6. The van der Waals surface area contributed by atoms with Crippen molar-refractivity contribution in [3.63, 3.8) is 0 Å². The molecule has 0 radical (unpaired) electrons. The molecule has 1 aromatic rings. The number of β-amino-alcohol motifs (C(OH)–C–C–N with tert-alkyl or cyclic N) is 1. The van der Waals surface area contributed by atoms with Gasteiger partial charge in [-0.05, 0) is 44.9 Å². The third-order valence-corrected chi connectivity index (χ3v) is 7.27. The van der Waals surface area contributed by atoms with E-state index in [9.17, 15) is 9.90 Å². The van der Waals surface area contributed by atoms with E-state index in [-0.39, 0.29) is 23.5 Å². The second-order valence-electron chi connectivity index (χ2n) is 8.28. The zero-order chi connectivity index (χ0) is 18.3. The number of ether oxygens (including phenoxy) is 1. The molecule has 0 unspecified atom stereocenters. The molecule has 1 aromatic heterocycles. The van der Waals surface area contributed by atoms with Gasteiger partial charge in [-0.1, -0.05) is 0 Å². The molecular formula is C19H29N3O3S. The second-order valence-corrected chi connectivity index (χ2v) is 9.48. The van der Waals surface area contributed by atoms with Crippen molar-refractivity contribution in [3.05, 3.63) is 15.6 Å². The number of piperidine rings is 1. The largest absolute Gasteiger partial charge is 0.392 e. The minimum atomic E-state index is -0.168. The first-order valence-corrected chi connectivity index (χ1v) is 10.5. The van der Waals surface area contributed by atoms with Crippen molar-refractivity contribution in [3.8, 4) is 0 Å². The van der Waals surface area contributed by atoms with Crippen molar-refractivity contribution < 1.29 is 14.6 Å². The van der Waals surface area contributed by atoms with E-state index >= 15 is 0 Å². The van der Waals surface area contributed by atoms with Crippen molar-refractivity contribution in [2.24, 2.45) is 5.41 Å². The number of hydrogen-bond donors (Lipinski definition) is 1. The highest BCUT2D eigenvalue weighted by Crippen LogP contribution is 2.42. The van der Waals surface area contributed by atoms with Crippen LogP contribution in [0.25, 0.3) is 0 Å². The number of aliphatic hydroxyl groups excluding tert-OH is 1. The van der Waals surface area contributed by atoms with Crippen molar-refractivity contribution >= 4 is 17.2 Å². The number of carbonyl (C=O) groups excluding carboxylic acids is 1. The van der Waals surface area contributed by atoms with Crippen LogP contribution in [0.5, 0.6) is 0 Å². The lowest BCUT2D eigenvalue weighted by Crippen LogP contribution is -2.43. The molecule has 4 rings (SSSR count). The summed E-state index contributed by atoms with van der Waals surface area (Å²) in [5.74, 6) is 0.143. The summed E-state index contributed by atoms with van der Waals surface area (Å²) in [7, 11) is 0. The summed E-state index contributed by atoms with van der Waals surface area (Å²) in [6.07, 6.45) is 4.11. The summed E-state index contributed by atoms with van der Waals surface area (Å²) in [6.45, 7) is 9.01. The van der Waals surface area contributed by atoms with Crippen molar-refractivity contribution in [2.45, 2.75) is 51.7 Å². The molecule has 0 bridgehead atoms. The van der Waals surface area contributed by atoms with Gasteiger partial charge in [-0.15, -0.1) is 11.3 Å². The number of rotatable bonds is 3.